The molecule has 2 N–H and O–H groups in total. The number of carboxylic acid groups (broad SMARTS) is 1. The van der Waals surface area contributed by atoms with E-state index < -0.39 is 5.97 Å². The number of hydrogen-bond acceptors (Lipinski definition) is 3. The molecule has 0 bridgehead atoms. The number of hydrogen-bond donors (Lipinski definition) is 2. The molecule has 0 aliphatic carbocycles. The lowest BCUT2D eigenvalue weighted by Gasteiger charge is -2.07. The maximum atomic E-state index is 13.4. The van der Waals surface area contributed by atoms with Crippen LogP contribution in [0.4, 0.5) is 10.1 Å². The monoisotopic (exact) mass is 305 g/mol. The fraction of sp³-hybridized carbons (Fsp3) is 0.0667. The Morgan fingerprint density at radius 3 is 2.76 bits per heavy atom. The molecular weight excluding hydrogens is 293 g/mol. The Morgan fingerprint density at radius 1 is 1.29 bits per heavy atom. The van der Waals surface area contributed by atoms with Gasteiger partial charge in [0.05, 0.1) is 4.88 Å². The summed E-state index contributed by atoms with van der Waals surface area (Å²) in [5, 5.41) is 11.2. The highest BCUT2D eigenvalue weighted by atomic mass is 32.1. The van der Waals surface area contributed by atoms with Gasteiger partial charge in [-0.15, -0.1) is 11.3 Å². The number of carboxylic acids is 1. The summed E-state index contributed by atoms with van der Waals surface area (Å²) in [6, 6.07) is 7.71. The maximum absolute atomic E-state index is 13.4. The van der Waals surface area contributed by atoms with Gasteiger partial charge in [0.2, 0.25) is 0 Å². The second kappa shape index (κ2) is 6.32. The number of nitrogens with one attached hydrogen (secondary N) is 1. The molecule has 4 nitrogen and oxygen atoms in total. The number of carbonyl (C=O) groups excluding carboxylic acids is 1. The van der Waals surface area contributed by atoms with Gasteiger partial charge in [-0.3, -0.25) is 4.79 Å². The highest BCUT2D eigenvalue weighted by Gasteiger charge is 2.11. The minimum absolute atomic E-state index is 0.358. The van der Waals surface area contributed by atoms with Crippen LogP contribution in [0.25, 0.3) is 6.08 Å². The normalized spacial score (nSPS) is 10.8. The van der Waals surface area contributed by atoms with Crippen molar-refractivity contribution in [3.63, 3.8) is 0 Å². The van der Waals surface area contributed by atoms with E-state index >= 15 is 0 Å². The number of aliphatic carboxylic acids is 1. The first-order valence-electron chi connectivity index (χ1n) is 6.04. The van der Waals surface area contributed by atoms with Crippen molar-refractivity contribution < 1.29 is 19.1 Å². The van der Waals surface area contributed by atoms with Gasteiger partial charge >= 0.3 is 5.97 Å². The topological polar surface area (TPSA) is 66.4 Å². The highest BCUT2D eigenvalue weighted by Crippen LogP contribution is 2.22. The molecule has 0 unspecified atom stereocenters. The quantitative estimate of drug-likeness (QED) is 0.849. The number of halogens is 1. The van der Waals surface area contributed by atoms with Crippen molar-refractivity contribution in [3.05, 3.63) is 57.5 Å². The second-order valence-corrected chi connectivity index (χ2v) is 5.36. The Kier molecular flexibility index (Phi) is 4.49. The summed E-state index contributed by atoms with van der Waals surface area (Å²) in [6.07, 6.45) is 2.42. The Bertz CT molecular complexity index is 721. The summed E-state index contributed by atoms with van der Waals surface area (Å²) in [5.74, 6) is -1.79. The zero-order valence-corrected chi connectivity index (χ0v) is 11.9. The van der Waals surface area contributed by atoms with Gasteiger partial charge in [0.25, 0.3) is 5.91 Å². The molecule has 1 aromatic heterocycles. The van der Waals surface area contributed by atoms with Gasteiger partial charge < -0.3 is 10.4 Å². The third-order valence-corrected chi connectivity index (χ3v) is 3.81. The Balaban J connectivity index is 2.14. The third-order valence-electron chi connectivity index (χ3n) is 2.76. The van der Waals surface area contributed by atoms with Crippen molar-refractivity contribution in [1.29, 1.82) is 0 Å². The molecule has 1 heterocycles. The minimum Gasteiger partial charge on any atom is -0.478 e. The van der Waals surface area contributed by atoms with E-state index in [1.807, 2.05) is 0 Å². The molecule has 0 radical (unpaired) electrons. The van der Waals surface area contributed by atoms with Crippen molar-refractivity contribution in [1.82, 2.24) is 0 Å². The lowest BCUT2D eigenvalue weighted by Crippen LogP contribution is -2.11. The van der Waals surface area contributed by atoms with Crippen molar-refractivity contribution in [2.24, 2.45) is 0 Å². The molecule has 21 heavy (non-hydrogen) atoms. The van der Waals surface area contributed by atoms with E-state index in [0.29, 0.717) is 21.0 Å². The van der Waals surface area contributed by atoms with Crippen molar-refractivity contribution in [2.75, 3.05) is 5.32 Å². The number of carbonyl (C=O) groups is 2. The molecule has 0 fully saturated rings. The first-order valence-corrected chi connectivity index (χ1v) is 6.86. The molecule has 1 amide bonds. The van der Waals surface area contributed by atoms with Crippen LogP contribution in [-0.2, 0) is 4.79 Å². The van der Waals surface area contributed by atoms with Gasteiger partial charge in [-0.1, -0.05) is 6.07 Å². The zero-order valence-electron chi connectivity index (χ0n) is 11.1. The third kappa shape index (κ3) is 3.76. The van der Waals surface area contributed by atoms with Gasteiger partial charge in [-0.25, -0.2) is 9.18 Å². The van der Waals surface area contributed by atoms with Crippen molar-refractivity contribution >= 4 is 35.0 Å². The van der Waals surface area contributed by atoms with E-state index in [4.69, 9.17) is 5.11 Å². The molecule has 0 spiro atoms. The predicted octanol–water partition coefficient (Wildman–Crippen LogP) is 3.55. The van der Waals surface area contributed by atoms with Gasteiger partial charge in [0, 0.05) is 22.2 Å². The van der Waals surface area contributed by atoms with Gasteiger partial charge in [-0.05, 0) is 37.3 Å². The summed E-state index contributed by atoms with van der Waals surface area (Å²) in [5.41, 5.74) is 0.782. The van der Waals surface area contributed by atoms with Crippen LogP contribution >= 0.6 is 11.3 Å². The molecule has 0 saturated heterocycles. The molecule has 1 aromatic carbocycles. The first kappa shape index (κ1) is 14.9. The molecule has 108 valence electrons. The average Bonchev–Trinajstić information content (AvgIpc) is 2.90. The van der Waals surface area contributed by atoms with Crippen LogP contribution in [0.5, 0.6) is 0 Å². The fourth-order valence-electron chi connectivity index (χ4n) is 1.64. The van der Waals surface area contributed by atoms with Crippen molar-refractivity contribution in [2.45, 2.75) is 6.92 Å². The molecule has 0 atom stereocenters. The SMILES string of the molecule is Cc1c(F)cccc1NC(=O)c1ccc(C=CC(=O)O)s1. The van der Waals surface area contributed by atoms with Gasteiger partial charge in [0.1, 0.15) is 5.82 Å². The minimum atomic E-state index is -1.05. The zero-order chi connectivity index (χ0) is 15.4. The standard InChI is InChI=1S/C15H12FNO3S/c1-9-11(16)3-2-4-12(9)17-15(20)13-7-5-10(21-13)6-8-14(18)19/h2-8H,1H3,(H,17,20)(H,18,19). The van der Waals surface area contributed by atoms with Crippen LogP contribution in [0.15, 0.2) is 36.4 Å². The molecular formula is C15H12FNO3S. The average molecular weight is 305 g/mol. The molecule has 6 heteroatoms. The predicted molar refractivity (Wildman–Crippen MR) is 80.1 cm³/mol. The van der Waals surface area contributed by atoms with E-state index in [9.17, 15) is 14.0 Å². The number of amides is 1. The van der Waals surface area contributed by atoms with Crippen LogP contribution in [0.2, 0.25) is 0 Å². The Labute approximate surface area is 124 Å². The molecule has 0 aliphatic rings. The number of rotatable bonds is 4. The van der Waals surface area contributed by atoms with Gasteiger partial charge in [0.15, 0.2) is 0 Å². The largest absolute Gasteiger partial charge is 0.478 e. The van der Waals surface area contributed by atoms with Crippen LogP contribution in [0.1, 0.15) is 20.1 Å². The maximum Gasteiger partial charge on any atom is 0.328 e. The van der Waals surface area contributed by atoms with Crippen LogP contribution in [0, 0.1) is 12.7 Å². The fourth-order valence-corrected chi connectivity index (χ4v) is 2.45. The number of thiophene rings is 1. The number of benzene rings is 1. The smallest absolute Gasteiger partial charge is 0.328 e. The van der Waals surface area contributed by atoms with Crippen molar-refractivity contribution in [3.8, 4) is 0 Å². The Hall–Kier alpha value is -2.47. The molecule has 2 rings (SSSR count). The van der Waals surface area contributed by atoms with Crippen LogP contribution < -0.4 is 5.32 Å². The lowest BCUT2D eigenvalue weighted by molar-refractivity contribution is -0.131. The number of anilines is 1. The second-order valence-electron chi connectivity index (χ2n) is 4.24. The molecule has 0 aliphatic heterocycles. The van der Waals surface area contributed by atoms with E-state index in [1.54, 1.807) is 25.1 Å². The van der Waals surface area contributed by atoms with Crippen LogP contribution in [-0.4, -0.2) is 17.0 Å². The molecule has 0 saturated carbocycles. The van der Waals surface area contributed by atoms with E-state index in [2.05, 4.69) is 5.32 Å². The summed E-state index contributed by atoms with van der Waals surface area (Å²) < 4.78 is 13.4. The first-order chi connectivity index (χ1) is 9.97. The summed E-state index contributed by atoms with van der Waals surface area (Å²) in [6.45, 7) is 1.58. The summed E-state index contributed by atoms with van der Waals surface area (Å²) in [7, 11) is 0. The van der Waals surface area contributed by atoms with Gasteiger partial charge in [-0.2, -0.15) is 0 Å². The Morgan fingerprint density at radius 2 is 2.05 bits per heavy atom. The van der Waals surface area contributed by atoms with E-state index in [0.717, 1.165) is 17.4 Å². The highest BCUT2D eigenvalue weighted by molar-refractivity contribution is 7.15. The van der Waals surface area contributed by atoms with E-state index in [-0.39, 0.29) is 11.7 Å². The summed E-state index contributed by atoms with van der Waals surface area (Å²) >= 11 is 1.16. The van der Waals surface area contributed by atoms with E-state index in [1.165, 1.54) is 18.2 Å². The summed E-state index contributed by atoms with van der Waals surface area (Å²) in [4.78, 5) is 23.6. The lowest BCUT2D eigenvalue weighted by atomic mass is 10.2. The van der Waals surface area contributed by atoms with Crippen LogP contribution in [0.3, 0.4) is 0 Å². The molecule has 2 aromatic rings.